The monoisotopic (exact) mass is 501 g/mol. The van der Waals surface area contributed by atoms with Gasteiger partial charge in [-0.1, -0.05) is 88.4 Å². The first-order valence-corrected chi connectivity index (χ1v) is 15.3. The van der Waals surface area contributed by atoms with Crippen molar-refractivity contribution in [2.75, 3.05) is 12.9 Å². The van der Waals surface area contributed by atoms with Crippen LogP contribution in [0.3, 0.4) is 0 Å². The number of rotatable bonds is 8. The molecule has 33 heavy (non-hydrogen) atoms. The molecule has 4 nitrogen and oxygen atoms in total. The first-order chi connectivity index (χ1) is 15.6. The smallest absolute Gasteiger partial charge is 0.261 e. The molecule has 2 aromatic rings. The molecule has 1 saturated heterocycles. The molecule has 0 spiro atoms. The molecule has 2 radical (unpaired) electrons. The molecule has 2 N–H and O–H groups in total. The van der Waals surface area contributed by atoms with Gasteiger partial charge in [0, 0.05) is 17.7 Å². The zero-order valence-electron chi connectivity index (χ0n) is 20.3. The van der Waals surface area contributed by atoms with E-state index in [9.17, 15) is 0 Å². The third-order valence-corrected chi connectivity index (χ3v) is 12.6. The quantitative estimate of drug-likeness (QED) is 0.445. The fourth-order valence-electron chi connectivity index (χ4n) is 4.85. The lowest BCUT2D eigenvalue weighted by molar-refractivity contribution is -0.155. The van der Waals surface area contributed by atoms with Crippen molar-refractivity contribution in [1.82, 2.24) is 0 Å². The molecular weight excluding hydrogens is 464 g/mol. The SMILES string of the molecule is [B]C(P)O[C@@H]1C(CO[Si](c2ccccc2)(c2ccccc2)C(C)(C)C)OC(SC)[C@@H](N)[C@H]1C. The molecule has 2 aromatic carbocycles. The summed E-state index contributed by atoms with van der Waals surface area (Å²) in [6.07, 6.45) is 1.50. The van der Waals surface area contributed by atoms with Crippen molar-refractivity contribution in [2.45, 2.75) is 62.2 Å². The van der Waals surface area contributed by atoms with Gasteiger partial charge < -0.3 is 19.6 Å². The Morgan fingerprint density at radius 1 is 1.09 bits per heavy atom. The summed E-state index contributed by atoms with van der Waals surface area (Å²) in [4.78, 5) is 0. The number of hydrogen-bond donors (Lipinski definition) is 1. The van der Waals surface area contributed by atoms with Crippen molar-refractivity contribution in [2.24, 2.45) is 11.7 Å². The number of hydrogen-bond acceptors (Lipinski definition) is 5. The van der Waals surface area contributed by atoms with E-state index in [1.54, 1.807) is 11.8 Å². The molecule has 0 aromatic heterocycles. The molecule has 7 atom stereocenters. The number of ether oxygens (including phenoxy) is 2. The Balaban J connectivity index is 2.02. The summed E-state index contributed by atoms with van der Waals surface area (Å²) in [7, 11) is 5.82. The Kier molecular flexibility index (Phi) is 9.29. The lowest BCUT2D eigenvalue weighted by atomic mass is 9.90. The van der Waals surface area contributed by atoms with E-state index in [4.69, 9.17) is 27.5 Å². The van der Waals surface area contributed by atoms with Crippen LogP contribution in [0.1, 0.15) is 27.7 Å². The minimum atomic E-state index is -2.68. The van der Waals surface area contributed by atoms with Crippen LogP contribution in [0.15, 0.2) is 60.7 Å². The van der Waals surface area contributed by atoms with Crippen LogP contribution in [0.5, 0.6) is 0 Å². The van der Waals surface area contributed by atoms with E-state index in [2.05, 4.69) is 97.6 Å². The van der Waals surface area contributed by atoms with E-state index in [1.165, 1.54) is 10.4 Å². The maximum Gasteiger partial charge on any atom is 0.261 e. The standard InChI is InChI=1S/C25H37BNO3PSSi/c1-17-21(27)23(32-5)29-20(22(17)30-24(26)31)16-28-33(25(2,3)4,18-12-8-6-9-13-18)19-14-10-7-11-15-19/h6-15,17,20-24H,16,27,31H2,1-5H3/t17-,20?,21+,22+,23?,24?/m1/s1. The summed E-state index contributed by atoms with van der Waals surface area (Å²) in [5.74, 6) is -0.412. The van der Waals surface area contributed by atoms with Crippen molar-refractivity contribution >= 4 is 47.5 Å². The van der Waals surface area contributed by atoms with Gasteiger partial charge in [0.05, 0.1) is 12.7 Å². The summed E-state index contributed by atoms with van der Waals surface area (Å²) in [5, 5.41) is 2.37. The minimum Gasteiger partial charge on any atom is -0.405 e. The molecule has 3 rings (SSSR count). The van der Waals surface area contributed by atoms with Crippen LogP contribution >= 0.6 is 21.0 Å². The van der Waals surface area contributed by atoms with Gasteiger partial charge in [-0.05, 0) is 21.7 Å². The summed E-state index contributed by atoms with van der Waals surface area (Å²) < 4.78 is 19.7. The van der Waals surface area contributed by atoms with E-state index in [0.29, 0.717) is 6.61 Å². The maximum absolute atomic E-state index is 7.13. The van der Waals surface area contributed by atoms with E-state index < -0.39 is 14.1 Å². The number of nitrogens with two attached hydrogens (primary N) is 1. The average Bonchev–Trinajstić information content (AvgIpc) is 2.79. The highest BCUT2D eigenvalue weighted by molar-refractivity contribution is 7.99. The highest BCUT2D eigenvalue weighted by atomic mass is 32.2. The molecule has 0 saturated carbocycles. The predicted molar refractivity (Wildman–Crippen MR) is 147 cm³/mol. The molecule has 1 fully saturated rings. The van der Waals surface area contributed by atoms with Crippen LogP contribution in [0.4, 0.5) is 0 Å². The van der Waals surface area contributed by atoms with Gasteiger partial charge in [0.25, 0.3) is 8.32 Å². The van der Waals surface area contributed by atoms with Crippen LogP contribution in [-0.2, 0) is 13.9 Å². The average molecular weight is 502 g/mol. The summed E-state index contributed by atoms with van der Waals surface area (Å²) in [6, 6.07) is 21.1. The number of benzene rings is 2. The lowest BCUT2D eigenvalue weighted by Gasteiger charge is -2.47. The lowest BCUT2D eigenvalue weighted by Crippen LogP contribution is -2.68. The fraction of sp³-hybridized carbons (Fsp3) is 0.520. The first kappa shape index (κ1) is 26.9. The third-order valence-electron chi connectivity index (χ3n) is 6.54. The molecule has 1 aliphatic heterocycles. The van der Waals surface area contributed by atoms with Crippen molar-refractivity contribution in [3.8, 4) is 0 Å². The van der Waals surface area contributed by atoms with Crippen LogP contribution < -0.4 is 16.1 Å². The predicted octanol–water partition coefficient (Wildman–Crippen LogP) is 3.33. The van der Waals surface area contributed by atoms with Crippen molar-refractivity contribution in [3.05, 3.63) is 60.7 Å². The van der Waals surface area contributed by atoms with Gasteiger partial charge in [-0.15, -0.1) is 21.0 Å². The first-order valence-electron chi connectivity index (χ1n) is 11.5. The second kappa shape index (κ2) is 11.4. The van der Waals surface area contributed by atoms with Crippen LogP contribution in [0.2, 0.25) is 5.04 Å². The summed E-state index contributed by atoms with van der Waals surface area (Å²) in [6.45, 7) is 9.34. The van der Waals surface area contributed by atoms with Gasteiger partial charge in [-0.3, -0.25) is 0 Å². The highest BCUT2D eigenvalue weighted by Gasteiger charge is 2.52. The summed E-state index contributed by atoms with van der Waals surface area (Å²) >= 11 is 1.63. The molecule has 1 aliphatic rings. The highest BCUT2D eigenvalue weighted by Crippen LogP contribution is 2.38. The van der Waals surface area contributed by atoms with Crippen LogP contribution in [0, 0.1) is 5.92 Å². The Morgan fingerprint density at radius 3 is 2.03 bits per heavy atom. The molecule has 8 heteroatoms. The minimum absolute atomic E-state index is 0.0792. The van der Waals surface area contributed by atoms with Crippen LogP contribution in [-0.4, -0.2) is 58.5 Å². The Bertz CT molecular complexity index is 831. The number of thioether (sulfide) groups is 1. The zero-order chi connectivity index (χ0) is 24.2. The third kappa shape index (κ3) is 5.78. The largest absolute Gasteiger partial charge is 0.405 e. The van der Waals surface area contributed by atoms with Gasteiger partial charge in [0.1, 0.15) is 19.4 Å². The van der Waals surface area contributed by atoms with Crippen molar-refractivity contribution < 1.29 is 13.9 Å². The Labute approximate surface area is 208 Å². The van der Waals surface area contributed by atoms with E-state index in [0.717, 1.165) is 0 Å². The van der Waals surface area contributed by atoms with Crippen molar-refractivity contribution in [3.63, 3.8) is 0 Å². The molecular formula is C25H37BNO3PSSi. The van der Waals surface area contributed by atoms with Gasteiger partial charge in [-0.25, -0.2) is 0 Å². The maximum atomic E-state index is 7.13. The van der Waals surface area contributed by atoms with Gasteiger partial charge in [0.15, 0.2) is 0 Å². The van der Waals surface area contributed by atoms with E-state index in [-0.39, 0.29) is 34.6 Å². The van der Waals surface area contributed by atoms with Crippen molar-refractivity contribution in [1.29, 1.82) is 0 Å². The molecule has 178 valence electrons. The molecule has 0 aliphatic carbocycles. The topological polar surface area (TPSA) is 53.7 Å². The second-order valence-corrected chi connectivity index (χ2v) is 15.7. The molecule has 4 unspecified atom stereocenters. The van der Waals surface area contributed by atoms with Gasteiger partial charge in [-0.2, -0.15) is 0 Å². The molecule has 1 heterocycles. The normalized spacial score (nSPS) is 27.3. The Morgan fingerprint density at radius 2 is 1.61 bits per heavy atom. The van der Waals surface area contributed by atoms with Gasteiger partial charge in [0.2, 0.25) is 0 Å². The van der Waals surface area contributed by atoms with Crippen LogP contribution in [0.25, 0.3) is 0 Å². The zero-order valence-corrected chi connectivity index (χ0v) is 23.3. The molecule has 0 bridgehead atoms. The Hall–Kier alpha value is -0.658. The van der Waals surface area contributed by atoms with E-state index in [1.807, 2.05) is 6.26 Å². The van der Waals surface area contributed by atoms with Gasteiger partial charge >= 0.3 is 0 Å². The fourth-order valence-corrected chi connectivity index (χ4v) is 10.4. The summed E-state index contributed by atoms with van der Waals surface area (Å²) in [5.41, 5.74) is 6.37. The molecule has 0 amide bonds. The second-order valence-electron chi connectivity index (χ2n) is 9.75. The van der Waals surface area contributed by atoms with E-state index >= 15 is 0 Å².